The molecular weight excluding hydrogens is 242 g/mol. The van der Waals surface area contributed by atoms with Crippen LogP contribution in [0.25, 0.3) is 0 Å². The Hall–Kier alpha value is -2.20. The van der Waals surface area contributed by atoms with Gasteiger partial charge in [-0.05, 0) is 29.8 Å². The lowest BCUT2D eigenvalue weighted by Gasteiger charge is -2.06. The molecule has 19 heavy (non-hydrogen) atoms. The number of Topliss-reactive ketones (excluding diaryl/α,β-unsaturated/α-hetero) is 1. The van der Waals surface area contributed by atoms with Gasteiger partial charge in [0.2, 0.25) is 0 Å². The number of hydrogen-bond donors (Lipinski definition) is 1. The van der Waals surface area contributed by atoms with Gasteiger partial charge in [-0.3, -0.25) is 4.79 Å². The van der Waals surface area contributed by atoms with E-state index in [9.17, 15) is 4.79 Å². The Morgan fingerprint density at radius 3 is 2.74 bits per heavy atom. The zero-order valence-corrected chi connectivity index (χ0v) is 10.7. The first kappa shape index (κ1) is 13.2. The number of nitrogens with zero attached hydrogens (tertiary/aromatic N) is 1. The summed E-state index contributed by atoms with van der Waals surface area (Å²) in [5.74, 6) is 1.19. The molecule has 0 amide bonds. The van der Waals surface area contributed by atoms with Crippen LogP contribution in [-0.4, -0.2) is 15.9 Å². The fourth-order valence-corrected chi connectivity index (χ4v) is 1.63. The second kappa shape index (κ2) is 6.11. The number of ether oxygens (including phenoxy) is 1. The van der Waals surface area contributed by atoms with Gasteiger partial charge in [-0.2, -0.15) is 0 Å². The van der Waals surface area contributed by atoms with Crippen molar-refractivity contribution in [1.82, 2.24) is 4.98 Å². The third-order valence-electron chi connectivity index (χ3n) is 2.66. The maximum atomic E-state index is 11.4. The van der Waals surface area contributed by atoms with Crippen LogP contribution < -0.4 is 4.74 Å². The number of aromatic nitrogens is 1. The van der Waals surface area contributed by atoms with Crippen LogP contribution in [-0.2, 0) is 6.61 Å². The number of aliphatic hydroxyl groups excluding tert-OH is 1. The molecule has 4 nitrogen and oxygen atoms in total. The number of ketones is 1. The van der Waals surface area contributed by atoms with E-state index < -0.39 is 0 Å². The Labute approximate surface area is 111 Å². The van der Waals surface area contributed by atoms with Crippen LogP contribution in [0.4, 0.5) is 0 Å². The zero-order chi connectivity index (χ0) is 13.7. The fourth-order valence-electron chi connectivity index (χ4n) is 1.63. The second-order valence-electron chi connectivity index (χ2n) is 4.06. The van der Waals surface area contributed by atoms with Crippen molar-refractivity contribution in [2.45, 2.75) is 20.0 Å². The average molecular weight is 257 g/mol. The highest BCUT2D eigenvalue weighted by atomic mass is 16.5. The van der Waals surface area contributed by atoms with E-state index in [2.05, 4.69) is 4.98 Å². The Balaban J connectivity index is 2.12. The van der Waals surface area contributed by atoms with Crippen LogP contribution in [0.5, 0.6) is 11.5 Å². The van der Waals surface area contributed by atoms with Crippen molar-refractivity contribution in [3.05, 3.63) is 53.9 Å². The normalized spacial score (nSPS) is 10.2. The highest BCUT2D eigenvalue weighted by Crippen LogP contribution is 2.21. The molecule has 2 rings (SSSR count). The first-order valence-electron chi connectivity index (χ1n) is 6.10. The monoisotopic (exact) mass is 257 g/mol. The lowest BCUT2D eigenvalue weighted by atomic mass is 10.2. The van der Waals surface area contributed by atoms with Crippen molar-refractivity contribution in [2.24, 2.45) is 0 Å². The third-order valence-corrected chi connectivity index (χ3v) is 2.66. The van der Waals surface area contributed by atoms with Crippen LogP contribution in [0.1, 0.15) is 29.4 Å². The number of hydrogen-bond acceptors (Lipinski definition) is 4. The smallest absolute Gasteiger partial charge is 0.180 e. The van der Waals surface area contributed by atoms with Gasteiger partial charge in [0.1, 0.15) is 17.2 Å². The van der Waals surface area contributed by atoms with Gasteiger partial charge in [-0.1, -0.05) is 19.1 Å². The molecule has 0 spiro atoms. The highest BCUT2D eigenvalue weighted by molar-refractivity contribution is 5.93. The summed E-state index contributed by atoms with van der Waals surface area (Å²) >= 11 is 0. The van der Waals surface area contributed by atoms with E-state index in [1.165, 1.54) is 6.20 Å². The van der Waals surface area contributed by atoms with E-state index in [-0.39, 0.29) is 12.4 Å². The van der Waals surface area contributed by atoms with Crippen LogP contribution in [0.3, 0.4) is 0 Å². The SMILES string of the molecule is CCC(=O)c1ccc(Oc2cccc(CO)c2)cn1. The lowest BCUT2D eigenvalue weighted by Crippen LogP contribution is -1.99. The summed E-state index contributed by atoms with van der Waals surface area (Å²) < 4.78 is 5.60. The number of carbonyl (C=O) groups is 1. The van der Waals surface area contributed by atoms with Crippen molar-refractivity contribution in [1.29, 1.82) is 0 Å². The summed E-state index contributed by atoms with van der Waals surface area (Å²) in [6.07, 6.45) is 1.96. The molecule has 0 atom stereocenters. The Morgan fingerprint density at radius 1 is 1.26 bits per heavy atom. The number of pyridine rings is 1. The van der Waals surface area contributed by atoms with E-state index >= 15 is 0 Å². The molecule has 1 aromatic heterocycles. The Bertz CT molecular complexity index is 564. The van der Waals surface area contributed by atoms with Gasteiger partial charge in [-0.25, -0.2) is 4.98 Å². The van der Waals surface area contributed by atoms with Crippen LogP contribution in [0, 0.1) is 0 Å². The van der Waals surface area contributed by atoms with Crippen molar-refractivity contribution in [3.63, 3.8) is 0 Å². The minimum absolute atomic E-state index is 0.00817. The highest BCUT2D eigenvalue weighted by Gasteiger charge is 2.05. The quantitative estimate of drug-likeness (QED) is 0.836. The number of benzene rings is 1. The predicted molar refractivity (Wildman–Crippen MR) is 71.3 cm³/mol. The third kappa shape index (κ3) is 3.39. The maximum Gasteiger partial charge on any atom is 0.180 e. The summed E-state index contributed by atoms with van der Waals surface area (Å²) in [7, 11) is 0. The Kier molecular flexibility index (Phi) is 4.26. The molecule has 0 unspecified atom stereocenters. The molecule has 2 aromatic rings. The average Bonchev–Trinajstić information content (AvgIpc) is 2.47. The van der Waals surface area contributed by atoms with Gasteiger partial charge >= 0.3 is 0 Å². The summed E-state index contributed by atoms with van der Waals surface area (Å²) in [4.78, 5) is 15.5. The van der Waals surface area contributed by atoms with Gasteiger partial charge in [-0.15, -0.1) is 0 Å². The number of carbonyl (C=O) groups excluding carboxylic acids is 1. The van der Waals surface area contributed by atoms with Gasteiger partial charge < -0.3 is 9.84 Å². The molecule has 0 radical (unpaired) electrons. The first-order chi connectivity index (χ1) is 9.22. The molecule has 1 aromatic carbocycles. The van der Waals surface area contributed by atoms with E-state index in [0.29, 0.717) is 23.6 Å². The van der Waals surface area contributed by atoms with Crippen molar-refractivity contribution in [2.75, 3.05) is 0 Å². The number of rotatable bonds is 5. The second-order valence-corrected chi connectivity index (χ2v) is 4.06. The standard InChI is InChI=1S/C15H15NO3/c1-2-15(18)14-7-6-13(9-16-14)19-12-5-3-4-11(8-12)10-17/h3-9,17H,2,10H2,1H3. The lowest BCUT2D eigenvalue weighted by molar-refractivity contribution is 0.0983. The molecule has 1 N–H and O–H groups in total. The van der Waals surface area contributed by atoms with Crippen LogP contribution in [0.15, 0.2) is 42.6 Å². The van der Waals surface area contributed by atoms with Gasteiger partial charge in [0.05, 0.1) is 12.8 Å². The molecule has 0 bridgehead atoms. The largest absolute Gasteiger partial charge is 0.456 e. The summed E-state index contributed by atoms with van der Waals surface area (Å²) in [6.45, 7) is 1.77. The van der Waals surface area contributed by atoms with Gasteiger partial charge in [0.15, 0.2) is 5.78 Å². The fraction of sp³-hybridized carbons (Fsp3) is 0.200. The van der Waals surface area contributed by atoms with Crippen LogP contribution in [0.2, 0.25) is 0 Å². The van der Waals surface area contributed by atoms with E-state index in [0.717, 1.165) is 5.56 Å². The summed E-state index contributed by atoms with van der Waals surface area (Å²) in [5.41, 5.74) is 1.22. The van der Waals surface area contributed by atoms with E-state index in [1.54, 1.807) is 31.2 Å². The molecule has 1 heterocycles. The topological polar surface area (TPSA) is 59.4 Å². The van der Waals surface area contributed by atoms with Gasteiger partial charge in [0.25, 0.3) is 0 Å². The summed E-state index contributed by atoms with van der Waals surface area (Å²) in [5, 5.41) is 9.05. The predicted octanol–water partition coefficient (Wildman–Crippen LogP) is 2.96. The molecule has 4 heteroatoms. The van der Waals surface area contributed by atoms with Crippen molar-refractivity contribution < 1.29 is 14.6 Å². The number of aliphatic hydroxyl groups is 1. The molecular formula is C15H15NO3. The van der Waals surface area contributed by atoms with Crippen LogP contribution >= 0.6 is 0 Å². The molecule has 0 aliphatic carbocycles. The first-order valence-corrected chi connectivity index (χ1v) is 6.10. The van der Waals surface area contributed by atoms with E-state index in [1.807, 2.05) is 12.1 Å². The minimum Gasteiger partial charge on any atom is -0.456 e. The molecule has 0 saturated carbocycles. The molecule has 0 aliphatic rings. The van der Waals surface area contributed by atoms with Crippen molar-refractivity contribution in [3.8, 4) is 11.5 Å². The van der Waals surface area contributed by atoms with Crippen molar-refractivity contribution >= 4 is 5.78 Å². The summed E-state index contributed by atoms with van der Waals surface area (Å²) in [6, 6.07) is 10.5. The molecule has 0 aliphatic heterocycles. The molecule has 98 valence electrons. The van der Waals surface area contributed by atoms with Gasteiger partial charge in [0, 0.05) is 6.42 Å². The minimum atomic E-state index is -0.0284. The Morgan fingerprint density at radius 2 is 2.11 bits per heavy atom. The molecule has 0 saturated heterocycles. The molecule has 0 fully saturated rings. The zero-order valence-electron chi connectivity index (χ0n) is 10.7. The maximum absolute atomic E-state index is 11.4. The van der Waals surface area contributed by atoms with E-state index in [4.69, 9.17) is 9.84 Å².